The Morgan fingerprint density at radius 3 is 2.81 bits per heavy atom. The number of rotatable bonds is 4. The number of benzene rings is 2. The Bertz CT molecular complexity index is 883. The summed E-state index contributed by atoms with van der Waals surface area (Å²) in [6.07, 6.45) is 1.63. The van der Waals surface area contributed by atoms with E-state index in [2.05, 4.69) is 5.32 Å². The molecule has 0 aliphatic carbocycles. The zero-order chi connectivity index (χ0) is 18.8. The highest BCUT2D eigenvalue weighted by molar-refractivity contribution is 5.95. The average molecular weight is 357 g/mol. The van der Waals surface area contributed by atoms with Gasteiger partial charge in [-0.1, -0.05) is 12.1 Å². The van der Waals surface area contributed by atoms with E-state index in [9.17, 15) is 19.3 Å². The summed E-state index contributed by atoms with van der Waals surface area (Å²) in [6, 6.07) is 7.74. The number of hydrogen-bond acceptors (Lipinski definition) is 4. The molecule has 136 valence electrons. The molecule has 0 saturated heterocycles. The fourth-order valence-electron chi connectivity index (χ4n) is 3.30. The van der Waals surface area contributed by atoms with Crippen molar-refractivity contribution in [2.45, 2.75) is 26.7 Å². The number of non-ortho nitro benzene ring substituents is 1. The number of fused-ring (bicyclic) bond motifs is 1. The summed E-state index contributed by atoms with van der Waals surface area (Å²) in [5.74, 6) is -0.652. The topological polar surface area (TPSA) is 75.5 Å². The van der Waals surface area contributed by atoms with Gasteiger partial charge in [0.15, 0.2) is 0 Å². The number of amides is 1. The Balaban J connectivity index is 1.78. The van der Waals surface area contributed by atoms with Gasteiger partial charge in [-0.05, 0) is 49.4 Å². The predicted molar refractivity (Wildman–Crippen MR) is 98.1 cm³/mol. The van der Waals surface area contributed by atoms with Gasteiger partial charge in [0.05, 0.1) is 22.8 Å². The first-order chi connectivity index (χ1) is 12.3. The van der Waals surface area contributed by atoms with Crippen molar-refractivity contribution in [1.29, 1.82) is 0 Å². The van der Waals surface area contributed by atoms with Gasteiger partial charge < -0.3 is 10.2 Å². The first kappa shape index (κ1) is 17.8. The smallest absolute Gasteiger partial charge is 0.271 e. The molecular weight excluding hydrogens is 337 g/mol. The molecule has 1 heterocycles. The fourth-order valence-corrected chi connectivity index (χ4v) is 3.30. The highest BCUT2D eigenvalue weighted by Gasteiger charge is 2.23. The molecule has 6 nitrogen and oxygen atoms in total. The number of carbonyl (C=O) groups is 1. The molecule has 0 spiro atoms. The summed E-state index contributed by atoms with van der Waals surface area (Å²) >= 11 is 0. The van der Waals surface area contributed by atoms with Crippen molar-refractivity contribution in [2.75, 3.05) is 23.3 Å². The largest absolute Gasteiger partial charge is 0.360 e. The molecule has 1 amide bonds. The van der Waals surface area contributed by atoms with Crippen LogP contribution in [0.25, 0.3) is 0 Å². The van der Waals surface area contributed by atoms with Gasteiger partial charge in [0, 0.05) is 18.7 Å². The number of nitrogens with zero attached hydrogens (tertiary/aromatic N) is 2. The van der Waals surface area contributed by atoms with Crippen LogP contribution in [0.1, 0.15) is 23.1 Å². The van der Waals surface area contributed by atoms with Gasteiger partial charge in [-0.25, -0.2) is 4.39 Å². The van der Waals surface area contributed by atoms with Crippen molar-refractivity contribution in [3.63, 3.8) is 0 Å². The third kappa shape index (κ3) is 3.66. The van der Waals surface area contributed by atoms with E-state index < -0.39 is 4.92 Å². The molecule has 7 heteroatoms. The lowest BCUT2D eigenvalue weighted by Gasteiger charge is -2.31. The van der Waals surface area contributed by atoms with Crippen LogP contribution in [0.5, 0.6) is 0 Å². The summed E-state index contributed by atoms with van der Waals surface area (Å²) < 4.78 is 14.4. The Labute approximate surface area is 150 Å². The molecule has 0 fully saturated rings. The van der Waals surface area contributed by atoms with Gasteiger partial charge in [-0.3, -0.25) is 14.9 Å². The standard InChI is InChI=1S/C19H20FN3O3/c1-12-8-14-4-3-7-22(19(14)16(20)9-12)11-18(24)21-17-10-15(23(25)26)6-5-13(17)2/h5-6,8-10H,3-4,7,11H2,1-2H3,(H,21,24). The highest BCUT2D eigenvalue weighted by Crippen LogP contribution is 2.31. The quantitative estimate of drug-likeness (QED) is 0.668. The first-order valence-electron chi connectivity index (χ1n) is 8.44. The van der Waals surface area contributed by atoms with E-state index in [0.29, 0.717) is 17.9 Å². The molecule has 0 bridgehead atoms. The molecule has 0 aromatic heterocycles. The van der Waals surface area contributed by atoms with Crippen molar-refractivity contribution in [1.82, 2.24) is 0 Å². The van der Waals surface area contributed by atoms with Crippen LogP contribution < -0.4 is 10.2 Å². The molecule has 1 aliphatic rings. The van der Waals surface area contributed by atoms with Crippen molar-refractivity contribution in [3.05, 3.63) is 63.0 Å². The number of nitrogens with one attached hydrogen (secondary N) is 1. The number of nitro groups is 1. The van der Waals surface area contributed by atoms with Crippen LogP contribution in [0.3, 0.4) is 0 Å². The Kier molecular flexibility index (Phi) is 4.88. The van der Waals surface area contributed by atoms with Crippen LogP contribution in [0.2, 0.25) is 0 Å². The van der Waals surface area contributed by atoms with E-state index in [4.69, 9.17) is 0 Å². The maximum Gasteiger partial charge on any atom is 0.271 e. The maximum absolute atomic E-state index is 14.4. The maximum atomic E-state index is 14.4. The summed E-state index contributed by atoms with van der Waals surface area (Å²) in [5, 5.41) is 13.6. The van der Waals surface area contributed by atoms with Crippen LogP contribution in [-0.2, 0) is 11.2 Å². The third-order valence-electron chi connectivity index (χ3n) is 4.52. The minimum absolute atomic E-state index is 0.00485. The van der Waals surface area contributed by atoms with Crippen molar-refractivity contribution >= 4 is 23.0 Å². The van der Waals surface area contributed by atoms with Gasteiger partial charge in [0.25, 0.3) is 5.69 Å². The minimum Gasteiger partial charge on any atom is -0.360 e. The Morgan fingerprint density at radius 2 is 2.08 bits per heavy atom. The lowest BCUT2D eigenvalue weighted by atomic mass is 9.99. The molecule has 0 unspecified atom stereocenters. The number of aryl methyl sites for hydroxylation is 3. The predicted octanol–water partition coefficient (Wildman–Crippen LogP) is 3.74. The van der Waals surface area contributed by atoms with E-state index in [0.717, 1.165) is 29.5 Å². The Morgan fingerprint density at radius 1 is 1.31 bits per heavy atom. The number of anilines is 2. The summed E-state index contributed by atoms with van der Waals surface area (Å²) in [4.78, 5) is 24.6. The van der Waals surface area contributed by atoms with Gasteiger partial charge >= 0.3 is 0 Å². The zero-order valence-corrected chi connectivity index (χ0v) is 14.7. The molecule has 26 heavy (non-hydrogen) atoms. The van der Waals surface area contributed by atoms with Crippen molar-refractivity contribution < 1.29 is 14.1 Å². The van der Waals surface area contributed by atoms with Gasteiger partial charge in [0.2, 0.25) is 5.91 Å². The Hall–Kier alpha value is -2.96. The second kappa shape index (κ2) is 7.11. The van der Waals surface area contributed by atoms with E-state index in [-0.39, 0.29) is 24.0 Å². The fraction of sp³-hybridized carbons (Fsp3) is 0.316. The van der Waals surface area contributed by atoms with Gasteiger partial charge in [-0.2, -0.15) is 0 Å². The van der Waals surface area contributed by atoms with E-state index in [1.54, 1.807) is 17.9 Å². The van der Waals surface area contributed by atoms with E-state index in [1.165, 1.54) is 18.2 Å². The molecule has 1 N–H and O–H groups in total. The summed E-state index contributed by atoms with van der Waals surface area (Å²) in [5.41, 5.74) is 3.28. The highest BCUT2D eigenvalue weighted by atomic mass is 19.1. The minimum atomic E-state index is -0.506. The molecule has 0 saturated carbocycles. The summed E-state index contributed by atoms with van der Waals surface area (Å²) in [6.45, 7) is 4.20. The van der Waals surface area contributed by atoms with Crippen molar-refractivity contribution in [2.24, 2.45) is 0 Å². The van der Waals surface area contributed by atoms with Crippen molar-refractivity contribution in [3.8, 4) is 0 Å². The van der Waals surface area contributed by atoms with Crippen LogP contribution in [0.15, 0.2) is 30.3 Å². The number of halogens is 1. The first-order valence-corrected chi connectivity index (χ1v) is 8.44. The molecule has 0 radical (unpaired) electrons. The van der Waals surface area contributed by atoms with Crippen LogP contribution in [-0.4, -0.2) is 23.9 Å². The lowest BCUT2D eigenvalue weighted by molar-refractivity contribution is -0.384. The number of hydrogen-bond donors (Lipinski definition) is 1. The van der Waals surface area contributed by atoms with E-state index >= 15 is 0 Å². The summed E-state index contributed by atoms with van der Waals surface area (Å²) in [7, 11) is 0. The number of nitro benzene ring substituents is 1. The molecule has 1 aliphatic heterocycles. The molecule has 0 atom stereocenters. The average Bonchev–Trinajstić information content (AvgIpc) is 2.56. The van der Waals surface area contributed by atoms with E-state index in [1.807, 2.05) is 13.0 Å². The molecule has 2 aromatic carbocycles. The number of carbonyl (C=O) groups excluding carboxylic acids is 1. The normalized spacial score (nSPS) is 13.3. The van der Waals surface area contributed by atoms with Crippen LogP contribution in [0, 0.1) is 29.8 Å². The lowest BCUT2D eigenvalue weighted by Crippen LogP contribution is -2.37. The molecular formula is C19H20FN3O3. The van der Waals surface area contributed by atoms with Gasteiger partial charge in [0.1, 0.15) is 5.82 Å². The molecule has 2 aromatic rings. The second-order valence-electron chi connectivity index (χ2n) is 6.58. The van der Waals surface area contributed by atoms with Crippen LogP contribution >= 0.6 is 0 Å². The van der Waals surface area contributed by atoms with Gasteiger partial charge in [-0.15, -0.1) is 0 Å². The zero-order valence-electron chi connectivity index (χ0n) is 14.7. The third-order valence-corrected chi connectivity index (χ3v) is 4.52. The second-order valence-corrected chi connectivity index (χ2v) is 6.58. The molecule has 3 rings (SSSR count). The SMILES string of the molecule is Cc1cc(F)c2c(c1)CCCN2CC(=O)Nc1cc([N+](=O)[O-])ccc1C. The monoisotopic (exact) mass is 357 g/mol. The van der Waals surface area contributed by atoms with Crippen LogP contribution in [0.4, 0.5) is 21.5 Å².